The van der Waals surface area contributed by atoms with E-state index in [9.17, 15) is 12.8 Å². The van der Waals surface area contributed by atoms with Crippen LogP contribution in [0, 0.1) is 5.82 Å². The van der Waals surface area contributed by atoms with Gasteiger partial charge in [0.25, 0.3) is 10.0 Å². The highest BCUT2D eigenvalue weighted by atomic mass is 32.2. The van der Waals surface area contributed by atoms with Gasteiger partial charge in [0, 0.05) is 5.56 Å². The molecule has 0 saturated heterocycles. The Labute approximate surface area is 74.0 Å². The molecule has 1 aromatic carbocycles. The molecule has 0 saturated carbocycles. The first-order valence-corrected chi connectivity index (χ1v) is 4.86. The fraction of sp³-hybridized carbons (Fsp3) is 0. The molecule has 0 aliphatic carbocycles. The van der Waals surface area contributed by atoms with Gasteiger partial charge in [0.15, 0.2) is 0 Å². The van der Waals surface area contributed by atoms with Crippen LogP contribution >= 0.6 is 0 Å². The van der Waals surface area contributed by atoms with Crippen LogP contribution in [0.3, 0.4) is 0 Å². The summed E-state index contributed by atoms with van der Waals surface area (Å²) in [6.45, 7) is 0. The SMILES string of the molecule is NC1=NS(=O)(=O)c2c(F)cccc21. The predicted octanol–water partition coefficient (Wildman–Crippen LogP) is 0.233. The highest BCUT2D eigenvalue weighted by molar-refractivity contribution is 7.90. The van der Waals surface area contributed by atoms with E-state index in [4.69, 9.17) is 5.73 Å². The molecule has 6 heteroatoms. The van der Waals surface area contributed by atoms with Gasteiger partial charge in [0.1, 0.15) is 16.5 Å². The van der Waals surface area contributed by atoms with Gasteiger partial charge in [-0.05, 0) is 12.1 Å². The third-order valence-corrected chi connectivity index (χ3v) is 3.09. The van der Waals surface area contributed by atoms with Crippen molar-refractivity contribution < 1.29 is 12.8 Å². The molecule has 0 spiro atoms. The Hall–Kier alpha value is -1.43. The number of nitrogens with two attached hydrogens (primary N) is 1. The summed E-state index contributed by atoms with van der Waals surface area (Å²) in [5.41, 5.74) is 5.43. The number of nitrogens with zero attached hydrogens (tertiary/aromatic N) is 1. The smallest absolute Gasteiger partial charge is 0.287 e. The third-order valence-electron chi connectivity index (χ3n) is 1.72. The second-order valence-corrected chi connectivity index (χ2v) is 4.11. The molecule has 13 heavy (non-hydrogen) atoms. The van der Waals surface area contributed by atoms with Crippen LogP contribution in [0.2, 0.25) is 0 Å². The Balaban J connectivity index is 2.90. The molecule has 1 heterocycles. The zero-order valence-corrected chi connectivity index (χ0v) is 7.18. The van der Waals surface area contributed by atoms with Gasteiger partial charge in [0.05, 0.1) is 0 Å². The standard InChI is InChI=1S/C7H5FN2O2S/c8-5-3-1-2-4-6(5)13(11,12)10-7(4)9/h1-3H,(H2,9,10). The Morgan fingerprint density at radius 1 is 1.38 bits per heavy atom. The topological polar surface area (TPSA) is 72.5 Å². The molecule has 0 radical (unpaired) electrons. The van der Waals surface area contributed by atoms with E-state index >= 15 is 0 Å². The maximum atomic E-state index is 13.1. The van der Waals surface area contributed by atoms with Crippen LogP contribution in [-0.2, 0) is 10.0 Å². The first-order chi connectivity index (χ1) is 6.02. The monoisotopic (exact) mass is 200 g/mol. The minimum absolute atomic E-state index is 0.139. The summed E-state index contributed by atoms with van der Waals surface area (Å²) in [6, 6.07) is 3.86. The molecule has 1 aromatic rings. The molecular formula is C7H5FN2O2S. The number of fused-ring (bicyclic) bond motifs is 1. The van der Waals surface area contributed by atoms with Gasteiger partial charge in [-0.3, -0.25) is 0 Å². The van der Waals surface area contributed by atoms with Gasteiger partial charge >= 0.3 is 0 Å². The average Bonchev–Trinajstić information content (AvgIpc) is 2.24. The summed E-state index contributed by atoms with van der Waals surface area (Å²) in [4.78, 5) is -0.424. The normalized spacial score (nSPS) is 18.1. The summed E-state index contributed by atoms with van der Waals surface area (Å²) in [6.07, 6.45) is 0. The zero-order valence-electron chi connectivity index (χ0n) is 6.36. The van der Waals surface area contributed by atoms with Crippen molar-refractivity contribution in [3.8, 4) is 0 Å². The lowest BCUT2D eigenvalue weighted by molar-refractivity contribution is 0.570. The van der Waals surface area contributed by atoms with Crippen molar-refractivity contribution in [1.82, 2.24) is 0 Å². The largest absolute Gasteiger partial charge is 0.382 e. The third kappa shape index (κ3) is 1.02. The molecule has 68 valence electrons. The molecule has 0 aromatic heterocycles. The zero-order chi connectivity index (χ0) is 9.64. The van der Waals surface area contributed by atoms with Crippen molar-refractivity contribution in [2.45, 2.75) is 4.90 Å². The fourth-order valence-corrected chi connectivity index (χ4v) is 2.41. The van der Waals surface area contributed by atoms with Crippen molar-refractivity contribution in [2.24, 2.45) is 10.1 Å². The molecule has 2 rings (SSSR count). The van der Waals surface area contributed by atoms with E-state index in [1.54, 1.807) is 0 Å². The Morgan fingerprint density at radius 3 is 2.69 bits per heavy atom. The predicted molar refractivity (Wildman–Crippen MR) is 44.3 cm³/mol. The van der Waals surface area contributed by atoms with E-state index in [2.05, 4.69) is 4.40 Å². The lowest BCUT2D eigenvalue weighted by Crippen LogP contribution is -2.10. The second kappa shape index (κ2) is 2.29. The number of halogens is 1. The number of benzene rings is 1. The van der Waals surface area contributed by atoms with Crippen LogP contribution in [0.4, 0.5) is 4.39 Å². The van der Waals surface area contributed by atoms with Crippen LogP contribution in [0.25, 0.3) is 0 Å². The molecule has 1 aliphatic heterocycles. The number of amidine groups is 1. The first-order valence-electron chi connectivity index (χ1n) is 3.42. The molecule has 0 fully saturated rings. The lowest BCUT2D eigenvalue weighted by atomic mass is 10.2. The van der Waals surface area contributed by atoms with Gasteiger partial charge in [-0.25, -0.2) is 4.39 Å². The first kappa shape index (κ1) is 8.18. The van der Waals surface area contributed by atoms with Crippen molar-refractivity contribution in [1.29, 1.82) is 0 Å². The maximum Gasteiger partial charge on any atom is 0.287 e. The number of hydrogen-bond acceptors (Lipinski definition) is 3. The minimum atomic E-state index is -3.90. The van der Waals surface area contributed by atoms with Crippen LogP contribution in [0.5, 0.6) is 0 Å². The Morgan fingerprint density at radius 2 is 2.08 bits per heavy atom. The van der Waals surface area contributed by atoms with E-state index in [1.165, 1.54) is 12.1 Å². The van der Waals surface area contributed by atoms with Gasteiger partial charge in [-0.2, -0.15) is 8.42 Å². The van der Waals surface area contributed by atoms with E-state index in [1.807, 2.05) is 0 Å². The fourth-order valence-electron chi connectivity index (χ4n) is 1.20. The summed E-state index contributed by atoms with van der Waals surface area (Å²) in [5.74, 6) is -0.976. The number of hydrogen-bond donors (Lipinski definition) is 1. The van der Waals surface area contributed by atoms with Crippen molar-refractivity contribution in [3.63, 3.8) is 0 Å². The van der Waals surface area contributed by atoms with Crippen LogP contribution in [0.1, 0.15) is 5.56 Å². The van der Waals surface area contributed by atoms with Crippen LogP contribution in [0.15, 0.2) is 27.5 Å². The summed E-state index contributed by atoms with van der Waals surface area (Å²) >= 11 is 0. The van der Waals surface area contributed by atoms with Gasteiger partial charge < -0.3 is 5.73 Å². The summed E-state index contributed by atoms with van der Waals surface area (Å²) in [5, 5.41) is 0. The van der Waals surface area contributed by atoms with Gasteiger partial charge in [-0.1, -0.05) is 6.07 Å². The Bertz CT molecular complexity index is 507. The molecule has 0 unspecified atom stereocenters. The van der Waals surface area contributed by atoms with Crippen molar-refractivity contribution >= 4 is 15.9 Å². The minimum Gasteiger partial charge on any atom is -0.382 e. The lowest BCUT2D eigenvalue weighted by Gasteiger charge is -1.97. The number of sulfonamides is 1. The average molecular weight is 200 g/mol. The molecule has 4 nitrogen and oxygen atoms in total. The van der Waals surface area contributed by atoms with E-state index in [0.717, 1.165) is 6.07 Å². The van der Waals surface area contributed by atoms with Crippen molar-refractivity contribution in [2.75, 3.05) is 0 Å². The van der Waals surface area contributed by atoms with E-state index in [0.29, 0.717) is 0 Å². The quantitative estimate of drug-likeness (QED) is 0.651. The molecule has 0 atom stereocenters. The van der Waals surface area contributed by atoms with E-state index < -0.39 is 20.7 Å². The Kier molecular flexibility index (Phi) is 1.44. The van der Waals surface area contributed by atoms with Crippen molar-refractivity contribution in [3.05, 3.63) is 29.6 Å². The summed E-state index contributed by atoms with van der Waals surface area (Å²) in [7, 11) is -3.90. The highest BCUT2D eigenvalue weighted by Gasteiger charge is 2.30. The molecule has 1 aliphatic rings. The second-order valence-electron chi connectivity index (χ2n) is 2.57. The van der Waals surface area contributed by atoms with Gasteiger partial charge in [0.2, 0.25) is 0 Å². The molecule has 2 N–H and O–H groups in total. The van der Waals surface area contributed by atoms with Crippen LogP contribution < -0.4 is 5.73 Å². The van der Waals surface area contributed by atoms with Gasteiger partial charge in [-0.15, -0.1) is 4.40 Å². The molecule has 0 bridgehead atoms. The maximum absolute atomic E-state index is 13.1. The number of rotatable bonds is 0. The van der Waals surface area contributed by atoms with Crippen LogP contribution in [-0.4, -0.2) is 14.3 Å². The highest BCUT2D eigenvalue weighted by Crippen LogP contribution is 2.26. The summed E-state index contributed by atoms with van der Waals surface area (Å²) < 4.78 is 38.6. The molecular weight excluding hydrogens is 195 g/mol. The van der Waals surface area contributed by atoms with E-state index in [-0.39, 0.29) is 11.4 Å². The molecule has 0 amide bonds.